The number of aromatic nitrogens is 2. The van der Waals surface area contributed by atoms with Crippen molar-refractivity contribution in [1.29, 1.82) is 0 Å². The monoisotopic (exact) mass is 187 g/mol. The van der Waals surface area contributed by atoms with Gasteiger partial charge in [0.1, 0.15) is 12.1 Å². The quantitative estimate of drug-likeness (QED) is 0.656. The number of hydrogen-bond acceptors (Lipinski definition) is 5. The van der Waals surface area contributed by atoms with Gasteiger partial charge in [0.25, 0.3) is 0 Å². The smallest absolute Gasteiger partial charge is 0.192 e. The molecule has 6 heteroatoms. The number of rotatable bonds is 2. The minimum Gasteiger partial charge on any atom is -0.373 e. The Morgan fingerprint density at radius 3 is 2.58 bits per heavy atom. The van der Waals surface area contributed by atoms with Crippen LogP contribution in [0.2, 0.25) is 0 Å². The molecule has 0 aliphatic heterocycles. The van der Waals surface area contributed by atoms with Gasteiger partial charge in [-0.05, 0) is 0 Å². The zero-order chi connectivity index (χ0) is 9.19. The molecule has 0 saturated heterocycles. The average Bonchev–Trinajstić information content (AvgIpc) is 2.03. The van der Waals surface area contributed by atoms with Crippen LogP contribution in [0.1, 0.15) is 0 Å². The molecule has 0 saturated carbocycles. The van der Waals surface area contributed by atoms with E-state index in [-0.39, 0.29) is 5.03 Å². The van der Waals surface area contributed by atoms with E-state index in [9.17, 15) is 8.42 Å². The van der Waals surface area contributed by atoms with Crippen molar-refractivity contribution in [2.45, 2.75) is 5.03 Å². The van der Waals surface area contributed by atoms with E-state index in [0.29, 0.717) is 5.82 Å². The van der Waals surface area contributed by atoms with Crippen LogP contribution in [-0.2, 0) is 9.84 Å². The summed E-state index contributed by atoms with van der Waals surface area (Å²) >= 11 is 0. The third-order valence-electron chi connectivity index (χ3n) is 1.28. The van der Waals surface area contributed by atoms with Crippen molar-refractivity contribution in [3.05, 3.63) is 12.4 Å². The summed E-state index contributed by atoms with van der Waals surface area (Å²) in [6.07, 6.45) is 2.32. The predicted molar refractivity (Wildman–Crippen MR) is 44.7 cm³/mol. The van der Waals surface area contributed by atoms with E-state index >= 15 is 0 Å². The van der Waals surface area contributed by atoms with Gasteiger partial charge in [-0.25, -0.2) is 18.4 Å². The lowest BCUT2D eigenvalue weighted by atomic mass is 10.6. The summed E-state index contributed by atoms with van der Waals surface area (Å²) < 4.78 is 22.0. The molecule has 1 aromatic rings. The highest BCUT2D eigenvalue weighted by Crippen LogP contribution is 2.07. The third kappa shape index (κ3) is 1.91. The third-order valence-corrected chi connectivity index (χ3v) is 2.26. The van der Waals surface area contributed by atoms with Crippen molar-refractivity contribution in [1.82, 2.24) is 9.97 Å². The van der Waals surface area contributed by atoms with E-state index in [4.69, 9.17) is 0 Å². The number of hydrogen-bond donors (Lipinski definition) is 1. The second-order valence-corrected chi connectivity index (χ2v) is 4.23. The van der Waals surface area contributed by atoms with E-state index in [1.54, 1.807) is 7.05 Å². The van der Waals surface area contributed by atoms with Crippen molar-refractivity contribution in [2.75, 3.05) is 18.6 Å². The molecule has 0 aliphatic rings. The van der Waals surface area contributed by atoms with Crippen LogP contribution in [0.15, 0.2) is 17.4 Å². The SMILES string of the molecule is CNc1cc(S(C)(=O)=O)ncn1. The van der Waals surface area contributed by atoms with E-state index in [0.717, 1.165) is 6.26 Å². The summed E-state index contributed by atoms with van der Waals surface area (Å²) in [5.74, 6) is 0.491. The number of anilines is 1. The van der Waals surface area contributed by atoms with Crippen LogP contribution < -0.4 is 5.32 Å². The van der Waals surface area contributed by atoms with E-state index in [1.165, 1.54) is 12.4 Å². The Bertz CT molecular complexity index is 374. The van der Waals surface area contributed by atoms with E-state index in [2.05, 4.69) is 15.3 Å². The lowest BCUT2D eigenvalue weighted by Gasteiger charge is -1.99. The Balaban J connectivity index is 3.20. The van der Waals surface area contributed by atoms with E-state index < -0.39 is 9.84 Å². The van der Waals surface area contributed by atoms with Crippen LogP contribution in [0.5, 0.6) is 0 Å². The van der Waals surface area contributed by atoms with Crippen molar-refractivity contribution in [3.8, 4) is 0 Å². The topological polar surface area (TPSA) is 72.0 Å². The zero-order valence-electron chi connectivity index (χ0n) is 6.77. The molecule has 0 bridgehead atoms. The first-order chi connectivity index (χ1) is 5.54. The molecule has 0 fully saturated rings. The second-order valence-electron chi connectivity index (χ2n) is 2.26. The molecule has 66 valence electrons. The van der Waals surface area contributed by atoms with Crippen LogP contribution in [0.3, 0.4) is 0 Å². The molecule has 5 nitrogen and oxygen atoms in total. The largest absolute Gasteiger partial charge is 0.373 e. The summed E-state index contributed by atoms with van der Waals surface area (Å²) in [6.45, 7) is 0. The molecular weight excluding hydrogens is 178 g/mol. The molecule has 1 rings (SSSR count). The number of nitrogens with zero attached hydrogens (tertiary/aromatic N) is 2. The van der Waals surface area contributed by atoms with Crippen molar-refractivity contribution >= 4 is 15.7 Å². The Morgan fingerprint density at radius 1 is 1.42 bits per heavy atom. The lowest BCUT2D eigenvalue weighted by Crippen LogP contribution is -2.02. The molecule has 12 heavy (non-hydrogen) atoms. The first-order valence-corrected chi connectivity index (χ1v) is 5.13. The van der Waals surface area contributed by atoms with Crippen molar-refractivity contribution < 1.29 is 8.42 Å². The van der Waals surface area contributed by atoms with Gasteiger partial charge in [-0.1, -0.05) is 0 Å². The Labute approximate surface area is 70.8 Å². The fraction of sp³-hybridized carbons (Fsp3) is 0.333. The molecular formula is C6H9N3O2S. The minimum atomic E-state index is -3.23. The second kappa shape index (κ2) is 3.06. The van der Waals surface area contributed by atoms with Crippen LogP contribution in [-0.4, -0.2) is 31.7 Å². The highest BCUT2D eigenvalue weighted by Gasteiger charge is 2.08. The first-order valence-electron chi connectivity index (χ1n) is 3.24. The maximum Gasteiger partial charge on any atom is 0.192 e. The highest BCUT2D eigenvalue weighted by molar-refractivity contribution is 7.90. The van der Waals surface area contributed by atoms with Crippen LogP contribution in [0, 0.1) is 0 Å². The van der Waals surface area contributed by atoms with Gasteiger partial charge in [-0.15, -0.1) is 0 Å². The summed E-state index contributed by atoms with van der Waals surface area (Å²) in [5.41, 5.74) is 0. The molecule has 1 aromatic heterocycles. The molecule has 0 aromatic carbocycles. The van der Waals surface area contributed by atoms with Gasteiger partial charge in [-0.2, -0.15) is 0 Å². The molecule has 1 N–H and O–H groups in total. The first kappa shape index (κ1) is 8.92. The molecule has 0 amide bonds. The predicted octanol–water partition coefficient (Wildman–Crippen LogP) is -0.0782. The summed E-state index contributed by atoms with van der Waals surface area (Å²) in [4.78, 5) is 7.40. The zero-order valence-corrected chi connectivity index (χ0v) is 7.59. The van der Waals surface area contributed by atoms with Crippen LogP contribution in [0.4, 0.5) is 5.82 Å². The Kier molecular flexibility index (Phi) is 2.27. The number of sulfone groups is 1. The van der Waals surface area contributed by atoms with Crippen LogP contribution >= 0.6 is 0 Å². The fourth-order valence-electron chi connectivity index (χ4n) is 0.679. The van der Waals surface area contributed by atoms with Crippen molar-refractivity contribution in [2.24, 2.45) is 0 Å². The molecule has 0 aliphatic carbocycles. The molecule has 0 spiro atoms. The summed E-state index contributed by atoms with van der Waals surface area (Å²) in [7, 11) is -1.57. The maximum absolute atomic E-state index is 11.0. The Hall–Kier alpha value is -1.17. The van der Waals surface area contributed by atoms with Gasteiger partial charge >= 0.3 is 0 Å². The van der Waals surface area contributed by atoms with Crippen LogP contribution in [0.25, 0.3) is 0 Å². The average molecular weight is 187 g/mol. The van der Waals surface area contributed by atoms with Gasteiger partial charge in [-0.3, -0.25) is 0 Å². The molecule has 1 heterocycles. The van der Waals surface area contributed by atoms with Gasteiger partial charge in [0.15, 0.2) is 14.9 Å². The Morgan fingerprint density at radius 2 is 2.08 bits per heavy atom. The van der Waals surface area contributed by atoms with Gasteiger partial charge in [0.2, 0.25) is 0 Å². The molecule has 0 atom stereocenters. The minimum absolute atomic E-state index is 0.0295. The van der Waals surface area contributed by atoms with Gasteiger partial charge < -0.3 is 5.32 Å². The summed E-state index contributed by atoms with van der Waals surface area (Å²) in [5, 5.41) is 2.75. The van der Waals surface area contributed by atoms with Gasteiger partial charge in [0, 0.05) is 19.4 Å². The summed E-state index contributed by atoms with van der Waals surface area (Å²) in [6, 6.07) is 1.38. The lowest BCUT2D eigenvalue weighted by molar-refractivity contribution is 0.598. The fourth-order valence-corrected chi connectivity index (χ4v) is 1.24. The van der Waals surface area contributed by atoms with E-state index in [1.807, 2.05) is 0 Å². The van der Waals surface area contributed by atoms with Gasteiger partial charge in [0.05, 0.1) is 0 Å². The standard InChI is InChI=1S/C6H9N3O2S/c1-7-5-3-6(9-4-8-5)12(2,10)11/h3-4H,1-2H3,(H,7,8,9). The number of nitrogens with one attached hydrogen (secondary N) is 1. The van der Waals surface area contributed by atoms with Crippen molar-refractivity contribution in [3.63, 3.8) is 0 Å². The normalized spacial score (nSPS) is 11.2. The molecule has 0 unspecified atom stereocenters. The highest BCUT2D eigenvalue weighted by atomic mass is 32.2. The molecule has 0 radical (unpaired) electrons. The maximum atomic E-state index is 11.0.